The molecule has 0 saturated carbocycles. The monoisotopic (exact) mass is 272 g/mol. The second-order valence-corrected chi connectivity index (χ2v) is 5.00. The van der Waals surface area contributed by atoms with Gasteiger partial charge in [0.15, 0.2) is 0 Å². The molecule has 1 aromatic carbocycles. The average Bonchev–Trinajstić information content (AvgIpc) is 3.05. The fourth-order valence-corrected chi connectivity index (χ4v) is 2.59. The van der Waals surface area contributed by atoms with Crippen molar-refractivity contribution in [1.82, 2.24) is 15.2 Å². The highest BCUT2D eigenvalue weighted by Gasteiger charge is 2.11. The number of nitrogens with one attached hydrogen (secondary N) is 2. The molecule has 0 saturated heterocycles. The van der Waals surface area contributed by atoms with Crippen molar-refractivity contribution in [1.29, 1.82) is 0 Å². The van der Waals surface area contributed by atoms with Gasteiger partial charge in [-0.05, 0) is 24.6 Å². The molecule has 0 aliphatic rings. The number of thiazole rings is 1. The Labute approximate surface area is 113 Å². The van der Waals surface area contributed by atoms with E-state index in [0.29, 0.717) is 11.4 Å². The van der Waals surface area contributed by atoms with E-state index in [1.807, 2.05) is 19.1 Å². The minimum Gasteiger partial charge on any atom is -0.307 e. The molecular weight excluding hydrogens is 260 g/mol. The number of fused-ring (bicyclic) bond motifs is 1. The summed E-state index contributed by atoms with van der Waals surface area (Å²) in [6, 6.07) is 5.48. The Morgan fingerprint density at radius 3 is 3.21 bits per heavy atom. The third-order valence-electron chi connectivity index (χ3n) is 2.93. The first-order valence-electron chi connectivity index (χ1n) is 5.94. The average molecular weight is 272 g/mol. The van der Waals surface area contributed by atoms with E-state index in [1.165, 1.54) is 11.3 Å². The van der Waals surface area contributed by atoms with E-state index in [2.05, 4.69) is 20.5 Å². The first-order valence-corrected chi connectivity index (χ1v) is 6.82. The number of aromatic nitrogens is 3. The Morgan fingerprint density at radius 1 is 1.47 bits per heavy atom. The lowest BCUT2D eigenvalue weighted by Gasteiger charge is -2.04. The minimum atomic E-state index is -0.144. The molecule has 0 fully saturated rings. The molecule has 1 amide bonds. The number of aryl methyl sites for hydroxylation is 1. The molecule has 2 aromatic heterocycles. The zero-order valence-electron chi connectivity index (χ0n) is 10.3. The smallest absolute Gasteiger partial charge is 0.256 e. The molecule has 0 bridgehead atoms. The van der Waals surface area contributed by atoms with Gasteiger partial charge in [0.2, 0.25) is 0 Å². The van der Waals surface area contributed by atoms with E-state index in [1.54, 1.807) is 17.8 Å². The molecule has 0 unspecified atom stereocenters. The van der Waals surface area contributed by atoms with Gasteiger partial charge in [0.05, 0.1) is 21.9 Å². The second kappa shape index (κ2) is 4.81. The predicted octanol–water partition coefficient (Wildman–Crippen LogP) is 2.83. The highest BCUT2D eigenvalue weighted by Crippen LogP contribution is 2.20. The van der Waals surface area contributed by atoms with Gasteiger partial charge in [0.1, 0.15) is 5.82 Å². The van der Waals surface area contributed by atoms with Gasteiger partial charge < -0.3 is 5.32 Å². The molecule has 19 heavy (non-hydrogen) atoms. The summed E-state index contributed by atoms with van der Waals surface area (Å²) in [7, 11) is 0. The van der Waals surface area contributed by atoms with Crippen molar-refractivity contribution in [3.8, 4) is 0 Å². The van der Waals surface area contributed by atoms with E-state index < -0.39 is 0 Å². The number of nitrogens with zero attached hydrogens (tertiary/aromatic N) is 2. The Bertz CT molecular complexity index is 731. The third-order valence-corrected chi connectivity index (χ3v) is 3.72. The van der Waals surface area contributed by atoms with Crippen molar-refractivity contribution in [2.75, 3.05) is 5.32 Å². The van der Waals surface area contributed by atoms with E-state index >= 15 is 0 Å². The molecule has 3 rings (SSSR count). The molecule has 0 atom stereocenters. The van der Waals surface area contributed by atoms with Crippen molar-refractivity contribution >= 4 is 33.3 Å². The Hall–Kier alpha value is -2.21. The first-order chi connectivity index (χ1) is 9.28. The van der Waals surface area contributed by atoms with Crippen LogP contribution in [-0.2, 0) is 6.42 Å². The summed E-state index contributed by atoms with van der Waals surface area (Å²) in [6.07, 6.45) is 2.54. The van der Waals surface area contributed by atoms with Gasteiger partial charge in [-0.15, -0.1) is 11.3 Å². The van der Waals surface area contributed by atoms with Gasteiger partial charge in [-0.1, -0.05) is 6.92 Å². The predicted molar refractivity (Wildman–Crippen MR) is 75.5 cm³/mol. The Morgan fingerprint density at radius 2 is 2.37 bits per heavy atom. The van der Waals surface area contributed by atoms with Crippen LogP contribution >= 0.6 is 11.3 Å². The second-order valence-electron chi connectivity index (χ2n) is 4.11. The number of benzene rings is 1. The van der Waals surface area contributed by atoms with Gasteiger partial charge >= 0.3 is 0 Å². The molecule has 2 N–H and O–H groups in total. The number of carbonyl (C=O) groups is 1. The number of amides is 1. The van der Waals surface area contributed by atoms with Crippen LogP contribution in [0.2, 0.25) is 0 Å². The van der Waals surface area contributed by atoms with Gasteiger partial charge in [-0.2, -0.15) is 5.10 Å². The van der Waals surface area contributed by atoms with Crippen LogP contribution in [0.5, 0.6) is 0 Å². The van der Waals surface area contributed by atoms with Crippen LogP contribution in [0.3, 0.4) is 0 Å². The summed E-state index contributed by atoms with van der Waals surface area (Å²) in [5.74, 6) is 0.520. The minimum absolute atomic E-state index is 0.144. The number of hydrogen-bond acceptors (Lipinski definition) is 4. The first kappa shape index (κ1) is 11.9. The van der Waals surface area contributed by atoms with Gasteiger partial charge in [-0.3, -0.25) is 9.89 Å². The molecule has 5 nitrogen and oxygen atoms in total. The molecule has 3 aromatic rings. The fraction of sp³-hybridized carbons (Fsp3) is 0.154. The van der Waals surface area contributed by atoms with Crippen LogP contribution in [0.25, 0.3) is 10.2 Å². The summed E-state index contributed by atoms with van der Waals surface area (Å²) < 4.78 is 1.01. The van der Waals surface area contributed by atoms with Crippen LogP contribution in [0, 0.1) is 0 Å². The zero-order chi connectivity index (χ0) is 13.2. The van der Waals surface area contributed by atoms with Crippen molar-refractivity contribution in [3.63, 3.8) is 0 Å². The third kappa shape index (κ3) is 2.22. The largest absolute Gasteiger partial charge is 0.307 e. The van der Waals surface area contributed by atoms with Crippen molar-refractivity contribution in [2.45, 2.75) is 13.3 Å². The maximum Gasteiger partial charge on any atom is 0.256 e. The summed E-state index contributed by atoms with van der Waals surface area (Å²) in [6.45, 7) is 2.02. The Kier molecular flexibility index (Phi) is 3.00. The summed E-state index contributed by atoms with van der Waals surface area (Å²) >= 11 is 1.52. The van der Waals surface area contributed by atoms with Crippen LogP contribution in [-0.4, -0.2) is 21.1 Å². The molecule has 6 heteroatoms. The molecule has 0 aliphatic heterocycles. The van der Waals surface area contributed by atoms with E-state index in [-0.39, 0.29) is 5.91 Å². The molecule has 0 spiro atoms. The highest BCUT2D eigenvalue weighted by atomic mass is 32.1. The lowest BCUT2D eigenvalue weighted by Crippen LogP contribution is -2.13. The van der Waals surface area contributed by atoms with Gasteiger partial charge in [0.25, 0.3) is 5.91 Å². The standard InChI is InChI=1S/C13H12N4OS/c1-2-8-6-15-17-12(8)16-13(18)9-3-4-10-11(5-9)19-7-14-10/h3-7H,2H2,1H3,(H2,15,16,17,18). The van der Waals surface area contributed by atoms with E-state index in [0.717, 1.165) is 22.2 Å². The number of carbonyl (C=O) groups excluding carboxylic acids is 1. The maximum absolute atomic E-state index is 12.2. The lowest BCUT2D eigenvalue weighted by atomic mass is 10.2. The highest BCUT2D eigenvalue weighted by molar-refractivity contribution is 7.16. The number of hydrogen-bond donors (Lipinski definition) is 2. The molecule has 0 radical (unpaired) electrons. The summed E-state index contributed by atoms with van der Waals surface area (Å²) in [4.78, 5) is 16.4. The molecule has 0 aliphatic carbocycles. The number of H-pyrrole nitrogens is 1. The number of aromatic amines is 1. The summed E-state index contributed by atoms with van der Waals surface area (Å²) in [5.41, 5.74) is 4.30. The quantitative estimate of drug-likeness (QED) is 0.770. The zero-order valence-corrected chi connectivity index (χ0v) is 11.1. The van der Waals surface area contributed by atoms with Crippen LogP contribution in [0.15, 0.2) is 29.9 Å². The molecule has 96 valence electrons. The van der Waals surface area contributed by atoms with Crippen molar-refractivity contribution in [2.24, 2.45) is 0 Å². The number of anilines is 1. The SMILES string of the molecule is CCc1cn[nH]c1NC(=O)c1ccc2ncsc2c1. The van der Waals surface area contributed by atoms with Crippen molar-refractivity contribution in [3.05, 3.63) is 41.0 Å². The topological polar surface area (TPSA) is 70.7 Å². The fourth-order valence-electron chi connectivity index (χ4n) is 1.87. The van der Waals surface area contributed by atoms with Crippen molar-refractivity contribution < 1.29 is 4.79 Å². The maximum atomic E-state index is 12.2. The Balaban J connectivity index is 1.87. The van der Waals surface area contributed by atoms with Crippen LogP contribution in [0.4, 0.5) is 5.82 Å². The van der Waals surface area contributed by atoms with E-state index in [4.69, 9.17) is 0 Å². The lowest BCUT2D eigenvalue weighted by molar-refractivity contribution is 0.102. The van der Waals surface area contributed by atoms with Gasteiger partial charge in [0, 0.05) is 11.1 Å². The summed E-state index contributed by atoms with van der Waals surface area (Å²) in [5, 5.41) is 9.57. The molecular formula is C13H12N4OS. The normalized spacial score (nSPS) is 10.8. The molecule has 2 heterocycles. The van der Waals surface area contributed by atoms with Gasteiger partial charge in [-0.25, -0.2) is 4.98 Å². The number of rotatable bonds is 3. The van der Waals surface area contributed by atoms with Crippen LogP contribution in [0.1, 0.15) is 22.8 Å². The van der Waals surface area contributed by atoms with Crippen LogP contribution < -0.4 is 5.32 Å². The van der Waals surface area contributed by atoms with E-state index in [9.17, 15) is 4.79 Å².